The van der Waals surface area contributed by atoms with Gasteiger partial charge in [0, 0.05) is 17.8 Å². The van der Waals surface area contributed by atoms with Crippen LogP contribution in [0.25, 0.3) is 5.69 Å². The van der Waals surface area contributed by atoms with Gasteiger partial charge in [0.2, 0.25) is 0 Å². The summed E-state index contributed by atoms with van der Waals surface area (Å²) in [6.07, 6.45) is 10.9. The Labute approximate surface area is 127 Å². The van der Waals surface area contributed by atoms with Crippen LogP contribution in [0, 0.1) is 5.92 Å². The summed E-state index contributed by atoms with van der Waals surface area (Å²) in [5.74, 6) is 0.768. The molecule has 1 atom stereocenters. The van der Waals surface area contributed by atoms with Gasteiger partial charge in [-0.15, -0.1) is 0 Å². The van der Waals surface area contributed by atoms with E-state index in [-0.39, 0.29) is 0 Å². The van der Waals surface area contributed by atoms with E-state index in [1.165, 1.54) is 37.7 Å². The summed E-state index contributed by atoms with van der Waals surface area (Å²) in [4.78, 5) is 0. The average molecular weight is 283 g/mol. The lowest BCUT2D eigenvalue weighted by molar-refractivity contribution is 0.368. The van der Waals surface area contributed by atoms with Gasteiger partial charge in [-0.05, 0) is 43.9 Å². The van der Waals surface area contributed by atoms with Gasteiger partial charge in [0.15, 0.2) is 0 Å². The molecule has 1 saturated carbocycles. The van der Waals surface area contributed by atoms with E-state index < -0.39 is 0 Å². The van der Waals surface area contributed by atoms with Crippen LogP contribution in [0.4, 0.5) is 0 Å². The molecule has 1 N–H and O–H groups in total. The Balaban J connectivity index is 1.80. The minimum absolute atomic E-state index is 0.463. The van der Waals surface area contributed by atoms with Crippen molar-refractivity contribution in [2.24, 2.45) is 5.92 Å². The minimum Gasteiger partial charge on any atom is -0.310 e. The number of nitrogens with one attached hydrogen (secondary N) is 1. The summed E-state index contributed by atoms with van der Waals surface area (Å²) < 4.78 is 1.99. The summed E-state index contributed by atoms with van der Waals surface area (Å²) in [5.41, 5.74) is 2.46. The predicted octanol–water partition coefficient (Wildman–Crippen LogP) is 4.10. The molecule has 1 aliphatic carbocycles. The van der Waals surface area contributed by atoms with Crippen LogP contribution in [-0.4, -0.2) is 16.3 Å². The highest BCUT2D eigenvalue weighted by molar-refractivity contribution is 5.31. The molecule has 3 rings (SSSR count). The van der Waals surface area contributed by atoms with Crippen molar-refractivity contribution in [3.8, 4) is 5.69 Å². The van der Waals surface area contributed by atoms with Crippen LogP contribution < -0.4 is 5.32 Å². The van der Waals surface area contributed by atoms with Crippen molar-refractivity contribution < 1.29 is 0 Å². The first kappa shape index (κ1) is 14.3. The quantitative estimate of drug-likeness (QED) is 0.865. The van der Waals surface area contributed by atoms with Gasteiger partial charge >= 0.3 is 0 Å². The zero-order valence-electron chi connectivity index (χ0n) is 12.8. The van der Waals surface area contributed by atoms with Gasteiger partial charge in [-0.1, -0.05) is 38.0 Å². The highest BCUT2D eigenvalue weighted by atomic mass is 15.3. The Hall–Kier alpha value is -1.61. The molecule has 0 aliphatic heterocycles. The van der Waals surface area contributed by atoms with Gasteiger partial charge in [0.25, 0.3) is 0 Å². The van der Waals surface area contributed by atoms with Crippen LogP contribution in [0.5, 0.6) is 0 Å². The molecule has 2 aromatic rings. The molecule has 0 radical (unpaired) electrons. The van der Waals surface area contributed by atoms with Crippen molar-refractivity contribution in [3.05, 3.63) is 48.3 Å². The van der Waals surface area contributed by atoms with E-state index in [0.29, 0.717) is 6.04 Å². The largest absolute Gasteiger partial charge is 0.310 e. The molecule has 3 nitrogen and oxygen atoms in total. The van der Waals surface area contributed by atoms with Crippen molar-refractivity contribution in [2.45, 2.75) is 45.1 Å². The summed E-state index contributed by atoms with van der Waals surface area (Å²) >= 11 is 0. The van der Waals surface area contributed by atoms with E-state index in [2.05, 4.69) is 47.8 Å². The monoisotopic (exact) mass is 283 g/mol. The number of hydrogen-bond donors (Lipinski definition) is 1. The maximum atomic E-state index is 4.56. The topological polar surface area (TPSA) is 29.9 Å². The molecule has 1 unspecified atom stereocenters. The van der Waals surface area contributed by atoms with E-state index >= 15 is 0 Å². The first-order chi connectivity index (χ1) is 10.4. The van der Waals surface area contributed by atoms with Gasteiger partial charge in [0.05, 0.1) is 11.9 Å². The van der Waals surface area contributed by atoms with Crippen LogP contribution in [-0.2, 0) is 0 Å². The van der Waals surface area contributed by atoms with Crippen molar-refractivity contribution >= 4 is 0 Å². The summed E-state index contributed by atoms with van der Waals surface area (Å²) in [6, 6.07) is 10.8. The predicted molar refractivity (Wildman–Crippen MR) is 86.6 cm³/mol. The standard InChI is InChI=1S/C18H25N3/c1-2-12-19-18(15-8-6-7-9-15)16-13-20-21(14-16)17-10-4-3-5-11-17/h3-5,10-11,13-15,18-19H,2,6-9,12H2,1H3. The molecule has 112 valence electrons. The molecule has 1 heterocycles. The van der Waals surface area contributed by atoms with Crippen molar-refractivity contribution in [1.82, 2.24) is 15.1 Å². The van der Waals surface area contributed by atoms with Crippen molar-refractivity contribution in [1.29, 1.82) is 0 Å². The fraction of sp³-hybridized carbons (Fsp3) is 0.500. The number of benzene rings is 1. The van der Waals surface area contributed by atoms with Crippen molar-refractivity contribution in [3.63, 3.8) is 0 Å². The van der Waals surface area contributed by atoms with Crippen LogP contribution in [0.1, 0.15) is 50.6 Å². The normalized spacial score (nSPS) is 17.2. The lowest BCUT2D eigenvalue weighted by Crippen LogP contribution is -2.27. The average Bonchev–Trinajstić information content (AvgIpc) is 3.21. The highest BCUT2D eigenvalue weighted by Gasteiger charge is 2.26. The van der Waals surface area contributed by atoms with E-state index in [1.807, 2.05) is 16.9 Å². The molecule has 3 heteroatoms. The van der Waals surface area contributed by atoms with E-state index in [1.54, 1.807) is 0 Å². The Bertz CT molecular complexity index is 541. The second kappa shape index (κ2) is 6.90. The second-order valence-corrected chi connectivity index (χ2v) is 6.03. The molecule has 0 amide bonds. The van der Waals surface area contributed by atoms with Gasteiger partial charge in [0.1, 0.15) is 0 Å². The van der Waals surface area contributed by atoms with Gasteiger partial charge in [-0.25, -0.2) is 4.68 Å². The second-order valence-electron chi connectivity index (χ2n) is 6.03. The summed E-state index contributed by atoms with van der Waals surface area (Å²) in [5, 5.41) is 8.30. The van der Waals surface area contributed by atoms with Crippen LogP contribution >= 0.6 is 0 Å². The Morgan fingerprint density at radius 2 is 2.00 bits per heavy atom. The summed E-state index contributed by atoms with van der Waals surface area (Å²) in [7, 11) is 0. The van der Waals surface area contributed by atoms with Gasteiger partial charge in [-0.3, -0.25) is 0 Å². The van der Waals surface area contributed by atoms with Crippen LogP contribution in [0.15, 0.2) is 42.7 Å². The molecule has 0 saturated heterocycles. The summed E-state index contributed by atoms with van der Waals surface area (Å²) in [6.45, 7) is 3.31. The van der Waals surface area contributed by atoms with E-state index in [0.717, 1.165) is 18.2 Å². The molecular formula is C18H25N3. The number of para-hydroxylation sites is 1. The third kappa shape index (κ3) is 3.35. The molecule has 21 heavy (non-hydrogen) atoms. The van der Waals surface area contributed by atoms with Gasteiger partial charge < -0.3 is 5.32 Å². The molecule has 1 fully saturated rings. The molecular weight excluding hydrogens is 258 g/mol. The molecule has 1 aromatic heterocycles. The first-order valence-electron chi connectivity index (χ1n) is 8.22. The Morgan fingerprint density at radius 1 is 1.24 bits per heavy atom. The third-order valence-corrected chi connectivity index (χ3v) is 4.47. The highest BCUT2D eigenvalue weighted by Crippen LogP contribution is 2.35. The number of nitrogens with zero attached hydrogens (tertiary/aromatic N) is 2. The Morgan fingerprint density at radius 3 is 2.71 bits per heavy atom. The zero-order valence-corrected chi connectivity index (χ0v) is 12.8. The fourth-order valence-electron chi connectivity index (χ4n) is 3.37. The van der Waals surface area contributed by atoms with Gasteiger partial charge in [-0.2, -0.15) is 5.10 Å². The Kier molecular flexibility index (Phi) is 4.71. The van der Waals surface area contributed by atoms with Crippen LogP contribution in [0.3, 0.4) is 0 Å². The maximum absolute atomic E-state index is 4.56. The fourth-order valence-corrected chi connectivity index (χ4v) is 3.37. The number of aromatic nitrogens is 2. The van der Waals surface area contributed by atoms with Crippen LogP contribution in [0.2, 0.25) is 0 Å². The molecule has 0 spiro atoms. The third-order valence-electron chi connectivity index (χ3n) is 4.47. The first-order valence-corrected chi connectivity index (χ1v) is 8.22. The molecule has 1 aliphatic rings. The minimum atomic E-state index is 0.463. The lowest BCUT2D eigenvalue weighted by Gasteiger charge is -2.23. The smallest absolute Gasteiger partial charge is 0.0645 e. The number of rotatable bonds is 6. The lowest BCUT2D eigenvalue weighted by atomic mass is 9.93. The van der Waals surface area contributed by atoms with Crippen molar-refractivity contribution in [2.75, 3.05) is 6.54 Å². The zero-order chi connectivity index (χ0) is 14.5. The van der Waals surface area contributed by atoms with E-state index in [9.17, 15) is 0 Å². The SMILES string of the molecule is CCCNC(c1cnn(-c2ccccc2)c1)C1CCCC1. The molecule has 0 bridgehead atoms. The number of hydrogen-bond acceptors (Lipinski definition) is 2. The maximum Gasteiger partial charge on any atom is 0.0645 e. The molecule has 1 aromatic carbocycles. The van der Waals surface area contributed by atoms with E-state index in [4.69, 9.17) is 0 Å².